The van der Waals surface area contributed by atoms with Crippen molar-refractivity contribution in [3.63, 3.8) is 0 Å². The van der Waals surface area contributed by atoms with Gasteiger partial charge >= 0.3 is 0 Å². The number of halogens is 1. The lowest BCUT2D eigenvalue weighted by Crippen LogP contribution is -2.15. The summed E-state index contributed by atoms with van der Waals surface area (Å²) in [7, 11) is 0. The Morgan fingerprint density at radius 2 is 2.06 bits per heavy atom. The van der Waals surface area contributed by atoms with Gasteiger partial charge in [-0.1, -0.05) is 0 Å². The van der Waals surface area contributed by atoms with E-state index in [1.807, 2.05) is 0 Å². The monoisotopic (exact) mass is 307 g/mol. The number of hydrogen-bond donors (Lipinski definition) is 3. The predicted octanol–water partition coefficient (Wildman–Crippen LogP) is 1.97. The number of carbonyl (C=O) groups excluding carboxylic acids is 1. The second-order valence-electron chi connectivity index (χ2n) is 3.64. The first-order chi connectivity index (χ1) is 8.56. The van der Waals surface area contributed by atoms with E-state index in [9.17, 15) is 9.59 Å². The Kier molecular flexibility index (Phi) is 3.47. The van der Waals surface area contributed by atoms with E-state index in [-0.39, 0.29) is 11.5 Å². The summed E-state index contributed by atoms with van der Waals surface area (Å²) in [5.41, 5.74) is 6.76. The number of hydrogen-bond acceptors (Lipinski definition) is 3. The Morgan fingerprint density at radius 3 is 2.72 bits per heavy atom. The summed E-state index contributed by atoms with van der Waals surface area (Å²) < 4.78 is 0.681. The van der Waals surface area contributed by atoms with Gasteiger partial charge in [0.15, 0.2) is 0 Å². The van der Waals surface area contributed by atoms with Crippen LogP contribution in [0.15, 0.2) is 45.8 Å². The molecule has 0 radical (unpaired) electrons. The Hall–Kier alpha value is -2.08. The van der Waals surface area contributed by atoms with Crippen LogP contribution in [-0.4, -0.2) is 10.9 Å². The van der Waals surface area contributed by atoms with E-state index < -0.39 is 0 Å². The molecule has 0 aliphatic rings. The quantitative estimate of drug-likeness (QED) is 0.741. The first-order valence-corrected chi connectivity index (χ1v) is 5.90. The van der Waals surface area contributed by atoms with Crippen molar-refractivity contribution in [2.24, 2.45) is 0 Å². The van der Waals surface area contributed by atoms with Crippen LogP contribution in [0.3, 0.4) is 0 Å². The number of amides is 1. The molecule has 1 aromatic carbocycles. The molecular weight excluding hydrogens is 298 g/mol. The van der Waals surface area contributed by atoms with E-state index in [0.29, 0.717) is 21.4 Å². The van der Waals surface area contributed by atoms with Crippen LogP contribution in [0.5, 0.6) is 0 Å². The summed E-state index contributed by atoms with van der Waals surface area (Å²) in [4.78, 5) is 25.4. The van der Waals surface area contributed by atoms with Crippen LogP contribution in [0, 0.1) is 0 Å². The van der Waals surface area contributed by atoms with Gasteiger partial charge in [0.25, 0.3) is 5.91 Å². The molecule has 6 heteroatoms. The van der Waals surface area contributed by atoms with Crippen molar-refractivity contribution in [1.82, 2.24) is 4.98 Å². The summed E-state index contributed by atoms with van der Waals surface area (Å²) in [6, 6.07) is 7.82. The molecule has 0 saturated carbocycles. The number of benzene rings is 1. The van der Waals surface area contributed by atoms with E-state index in [0.717, 1.165) is 0 Å². The summed E-state index contributed by atoms with van der Waals surface area (Å²) in [6.45, 7) is 0. The first-order valence-electron chi connectivity index (χ1n) is 5.11. The largest absolute Gasteiger partial charge is 0.399 e. The normalized spacial score (nSPS) is 10.1. The fourth-order valence-electron chi connectivity index (χ4n) is 1.41. The van der Waals surface area contributed by atoms with Crippen LogP contribution in [0.4, 0.5) is 11.4 Å². The van der Waals surface area contributed by atoms with Gasteiger partial charge in [-0.05, 0) is 40.2 Å². The minimum Gasteiger partial charge on any atom is -0.399 e. The lowest BCUT2D eigenvalue weighted by atomic mass is 10.2. The number of carbonyl (C=O) groups is 1. The van der Waals surface area contributed by atoms with Gasteiger partial charge in [0.1, 0.15) is 0 Å². The highest BCUT2D eigenvalue weighted by Gasteiger charge is 2.08. The third-order valence-electron chi connectivity index (χ3n) is 2.28. The molecule has 0 unspecified atom stereocenters. The van der Waals surface area contributed by atoms with Gasteiger partial charge < -0.3 is 16.0 Å². The van der Waals surface area contributed by atoms with Crippen molar-refractivity contribution in [3.8, 4) is 0 Å². The van der Waals surface area contributed by atoms with Crippen molar-refractivity contribution in [2.45, 2.75) is 0 Å². The van der Waals surface area contributed by atoms with Gasteiger partial charge in [0.05, 0.1) is 5.69 Å². The maximum Gasteiger partial charge on any atom is 0.255 e. The average Bonchev–Trinajstić information content (AvgIpc) is 2.32. The molecule has 0 atom stereocenters. The van der Waals surface area contributed by atoms with Crippen LogP contribution in [0.2, 0.25) is 0 Å². The highest BCUT2D eigenvalue weighted by atomic mass is 79.9. The van der Waals surface area contributed by atoms with E-state index in [2.05, 4.69) is 26.2 Å². The summed E-state index contributed by atoms with van der Waals surface area (Å²) >= 11 is 3.30. The van der Waals surface area contributed by atoms with E-state index in [1.165, 1.54) is 18.3 Å². The number of nitrogen functional groups attached to an aromatic ring is 1. The number of anilines is 2. The fraction of sp³-hybridized carbons (Fsp3) is 0. The van der Waals surface area contributed by atoms with E-state index >= 15 is 0 Å². The second kappa shape index (κ2) is 5.05. The number of H-pyrrole nitrogens is 1. The lowest BCUT2D eigenvalue weighted by Gasteiger charge is -2.07. The second-order valence-corrected chi connectivity index (χ2v) is 4.49. The van der Waals surface area contributed by atoms with Crippen molar-refractivity contribution in [2.75, 3.05) is 11.1 Å². The molecule has 0 aliphatic heterocycles. The first kappa shape index (κ1) is 12.4. The molecule has 4 N–H and O–H groups in total. The third kappa shape index (κ3) is 2.78. The van der Waals surface area contributed by atoms with Gasteiger partial charge in [0, 0.05) is 28.0 Å². The molecule has 0 bridgehead atoms. The summed E-state index contributed by atoms with van der Waals surface area (Å²) in [5.74, 6) is -0.355. The predicted molar refractivity (Wildman–Crippen MR) is 73.6 cm³/mol. The molecule has 92 valence electrons. The zero-order valence-electron chi connectivity index (χ0n) is 9.24. The van der Waals surface area contributed by atoms with Crippen molar-refractivity contribution in [3.05, 3.63) is 56.9 Å². The van der Waals surface area contributed by atoms with Crippen molar-refractivity contribution < 1.29 is 4.79 Å². The maximum atomic E-state index is 11.9. The molecule has 1 aromatic heterocycles. The number of aromatic amines is 1. The Balaban J connectivity index is 2.24. The highest BCUT2D eigenvalue weighted by molar-refractivity contribution is 9.10. The standard InChI is InChI=1S/C12H10BrN3O2/c13-9-6-8(14)1-2-10(9)16-12(18)7-3-4-15-11(17)5-7/h1-6H,14H2,(H,15,17)(H,16,18). The SMILES string of the molecule is Nc1ccc(NC(=O)c2cc[nH]c(=O)c2)c(Br)c1. The lowest BCUT2D eigenvalue weighted by molar-refractivity contribution is 0.102. The zero-order valence-corrected chi connectivity index (χ0v) is 10.8. The molecule has 0 spiro atoms. The summed E-state index contributed by atoms with van der Waals surface area (Å²) in [5, 5.41) is 2.69. The molecule has 1 amide bonds. The molecule has 0 aliphatic carbocycles. The van der Waals surface area contributed by atoms with E-state index in [1.54, 1.807) is 18.2 Å². The number of rotatable bonds is 2. The maximum absolute atomic E-state index is 11.9. The van der Waals surface area contributed by atoms with Crippen molar-refractivity contribution in [1.29, 1.82) is 0 Å². The zero-order chi connectivity index (χ0) is 13.1. The highest BCUT2D eigenvalue weighted by Crippen LogP contribution is 2.24. The van der Waals surface area contributed by atoms with Gasteiger partial charge in [-0.2, -0.15) is 0 Å². The van der Waals surface area contributed by atoms with E-state index in [4.69, 9.17) is 5.73 Å². The van der Waals surface area contributed by atoms with Crippen LogP contribution in [-0.2, 0) is 0 Å². The molecule has 2 rings (SSSR count). The minimum atomic E-state index is -0.355. The fourth-order valence-corrected chi connectivity index (χ4v) is 1.91. The molecule has 2 aromatic rings. The Bertz CT molecular complexity index is 652. The number of pyridine rings is 1. The van der Waals surface area contributed by atoms with Crippen LogP contribution in [0.1, 0.15) is 10.4 Å². The van der Waals surface area contributed by atoms with Gasteiger partial charge in [-0.3, -0.25) is 9.59 Å². The Morgan fingerprint density at radius 1 is 1.28 bits per heavy atom. The molecule has 0 saturated heterocycles. The molecule has 18 heavy (non-hydrogen) atoms. The van der Waals surface area contributed by atoms with Crippen molar-refractivity contribution >= 4 is 33.2 Å². The number of nitrogens with two attached hydrogens (primary N) is 1. The molecule has 0 fully saturated rings. The summed E-state index contributed by atoms with van der Waals surface area (Å²) in [6.07, 6.45) is 1.43. The van der Waals surface area contributed by atoms with Gasteiger partial charge in [0.2, 0.25) is 5.56 Å². The van der Waals surface area contributed by atoms with Gasteiger partial charge in [-0.25, -0.2) is 0 Å². The van der Waals surface area contributed by atoms with Crippen LogP contribution >= 0.6 is 15.9 Å². The Labute approximate surface area is 111 Å². The third-order valence-corrected chi connectivity index (χ3v) is 2.93. The smallest absolute Gasteiger partial charge is 0.255 e. The van der Waals surface area contributed by atoms with Crippen LogP contribution in [0.25, 0.3) is 0 Å². The molecule has 1 heterocycles. The van der Waals surface area contributed by atoms with Crippen LogP contribution < -0.4 is 16.6 Å². The minimum absolute atomic E-state index is 0.294. The molecular formula is C12H10BrN3O2. The van der Waals surface area contributed by atoms with Gasteiger partial charge in [-0.15, -0.1) is 0 Å². The number of aromatic nitrogens is 1. The molecule has 5 nitrogen and oxygen atoms in total. The average molecular weight is 308 g/mol. The topological polar surface area (TPSA) is 88.0 Å². The number of nitrogens with one attached hydrogen (secondary N) is 2.